The minimum atomic E-state index is -0.121. The summed E-state index contributed by atoms with van der Waals surface area (Å²) in [5, 5.41) is 23.0. The Morgan fingerprint density at radius 1 is 1.37 bits per heavy atom. The van der Waals surface area contributed by atoms with Gasteiger partial charge in [0.15, 0.2) is 0 Å². The molecule has 98 valence electrons. The highest BCUT2D eigenvalue weighted by molar-refractivity contribution is 6.30. The lowest BCUT2D eigenvalue weighted by Crippen LogP contribution is -1.97. The van der Waals surface area contributed by atoms with Crippen molar-refractivity contribution in [2.75, 3.05) is 0 Å². The fraction of sp³-hybridized carbons (Fsp3) is 0.286. The van der Waals surface area contributed by atoms with Crippen LogP contribution in [-0.4, -0.2) is 14.9 Å². The molecule has 0 amide bonds. The van der Waals surface area contributed by atoms with E-state index in [4.69, 9.17) is 16.9 Å². The van der Waals surface area contributed by atoms with Gasteiger partial charge in [0.25, 0.3) is 0 Å². The van der Waals surface area contributed by atoms with Crippen LogP contribution in [0.15, 0.2) is 24.3 Å². The molecule has 0 spiro atoms. The van der Waals surface area contributed by atoms with E-state index >= 15 is 0 Å². The van der Waals surface area contributed by atoms with Crippen LogP contribution in [0.4, 0.5) is 0 Å². The second kappa shape index (κ2) is 5.87. The van der Waals surface area contributed by atoms with Gasteiger partial charge in [0.05, 0.1) is 29.6 Å². The van der Waals surface area contributed by atoms with Crippen LogP contribution in [0, 0.1) is 11.3 Å². The quantitative estimate of drug-likeness (QED) is 0.933. The van der Waals surface area contributed by atoms with Crippen molar-refractivity contribution >= 4 is 11.6 Å². The number of nitrogens with zero attached hydrogens (tertiary/aromatic N) is 3. The third kappa shape index (κ3) is 2.62. The fourth-order valence-electron chi connectivity index (χ4n) is 1.91. The summed E-state index contributed by atoms with van der Waals surface area (Å²) in [6.45, 7) is 1.93. The standard InChI is InChI=1S/C14H14ClN3O/c1-2-3-13-12(9-19)14(15)18(17-13)11-6-4-10(8-16)5-7-11/h4-7,19H,2-3,9H2,1H3. The van der Waals surface area contributed by atoms with E-state index in [2.05, 4.69) is 18.1 Å². The molecule has 0 fully saturated rings. The molecule has 2 aromatic rings. The first kappa shape index (κ1) is 13.6. The first-order valence-corrected chi connectivity index (χ1v) is 6.46. The molecule has 0 radical (unpaired) electrons. The maximum atomic E-state index is 9.39. The van der Waals surface area contributed by atoms with E-state index in [1.807, 2.05) is 0 Å². The van der Waals surface area contributed by atoms with Gasteiger partial charge in [0.1, 0.15) is 5.15 Å². The zero-order valence-corrected chi connectivity index (χ0v) is 11.4. The minimum Gasteiger partial charge on any atom is -0.391 e. The van der Waals surface area contributed by atoms with Crippen molar-refractivity contribution in [1.29, 1.82) is 5.26 Å². The van der Waals surface area contributed by atoms with Gasteiger partial charge in [0, 0.05) is 5.56 Å². The maximum Gasteiger partial charge on any atom is 0.138 e. The largest absolute Gasteiger partial charge is 0.391 e. The number of aliphatic hydroxyl groups excluding tert-OH is 1. The Bertz CT molecular complexity index is 611. The van der Waals surface area contributed by atoms with Crippen molar-refractivity contribution in [2.45, 2.75) is 26.4 Å². The molecular weight excluding hydrogens is 262 g/mol. The van der Waals surface area contributed by atoms with Gasteiger partial charge in [-0.15, -0.1) is 0 Å². The van der Waals surface area contributed by atoms with E-state index in [0.717, 1.165) is 24.2 Å². The molecule has 0 aliphatic carbocycles. The van der Waals surface area contributed by atoms with Crippen LogP contribution in [-0.2, 0) is 13.0 Å². The van der Waals surface area contributed by atoms with Crippen molar-refractivity contribution in [3.8, 4) is 11.8 Å². The van der Waals surface area contributed by atoms with Gasteiger partial charge in [0.2, 0.25) is 0 Å². The summed E-state index contributed by atoms with van der Waals surface area (Å²) in [6.07, 6.45) is 1.71. The molecule has 1 N–H and O–H groups in total. The van der Waals surface area contributed by atoms with Gasteiger partial charge in [-0.2, -0.15) is 10.4 Å². The predicted octanol–water partition coefficient (Wildman–Crippen LogP) is 2.84. The molecule has 1 heterocycles. The zero-order valence-electron chi connectivity index (χ0n) is 10.6. The molecule has 0 saturated carbocycles. The van der Waals surface area contributed by atoms with E-state index in [-0.39, 0.29) is 6.61 Å². The Balaban J connectivity index is 2.46. The summed E-state index contributed by atoms with van der Waals surface area (Å²) in [5.41, 5.74) is 2.86. The third-order valence-electron chi connectivity index (χ3n) is 2.89. The monoisotopic (exact) mass is 275 g/mol. The van der Waals surface area contributed by atoms with Crippen LogP contribution in [0.2, 0.25) is 5.15 Å². The highest BCUT2D eigenvalue weighted by Crippen LogP contribution is 2.24. The number of hydrogen-bond donors (Lipinski definition) is 1. The molecular formula is C14H14ClN3O. The lowest BCUT2D eigenvalue weighted by atomic mass is 10.2. The second-order valence-electron chi connectivity index (χ2n) is 4.19. The number of aromatic nitrogens is 2. The molecule has 4 nitrogen and oxygen atoms in total. The van der Waals surface area contributed by atoms with Gasteiger partial charge < -0.3 is 5.11 Å². The third-order valence-corrected chi connectivity index (χ3v) is 3.28. The smallest absolute Gasteiger partial charge is 0.138 e. The first-order chi connectivity index (χ1) is 9.21. The average Bonchev–Trinajstić information content (AvgIpc) is 2.75. The maximum absolute atomic E-state index is 9.39. The van der Waals surface area contributed by atoms with Crippen LogP contribution in [0.5, 0.6) is 0 Å². The Morgan fingerprint density at radius 2 is 2.05 bits per heavy atom. The topological polar surface area (TPSA) is 61.8 Å². The molecule has 19 heavy (non-hydrogen) atoms. The molecule has 1 aromatic carbocycles. The number of rotatable bonds is 4. The van der Waals surface area contributed by atoms with Gasteiger partial charge in [-0.1, -0.05) is 24.9 Å². The number of nitriles is 1. The van der Waals surface area contributed by atoms with Crippen molar-refractivity contribution in [2.24, 2.45) is 0 Å². The Kier molecular flexibility index (Phi) is 4.20. The molecule has 0 aliphatic heterocycles. The zero-order chi connectivity index (χ0) is 13.8. The highest BCUT2D eigenvalue weighted by atomic mass is 35.5. The summed E-state index contributed by atoms with van der Waals surface area (Å²) in [4.78, 5) is 0. The number of aryl methyl sites for hydroxylation is 1. The molecule has 0 aliphatic rings. The summed E-state index contributed by atoms with van der Waals surface area (Å²) in [6, 6.07) is 9.07. The summed E-state index contributed by atoms with van der Waals surface area (Å²) >= 11 is 6.25. The number of hydrogen-bond acceptors (Lipinski definition) is 3. The fourth-order valence-corrected chi connectivity index (χ4v) is 2.22. The normalized spacial score (nSPS) is 10.4. The first-order valence-electron chi connectivity index (χ1n) is 6.09. The number of aliphatic hydroxyl groups is 1. The second-order valence-corrected chi connectivity index (χ2v) is 4.55. The van der Waals surface area contributed by atoms with Crippen LogP contribution >= 0.6 is 11.6 Å². The van der Waals surface area contributed by atoms with Gasteiger partial charge in [-0.25, -0.2) is 4.68 Å². The van der Waals surface area contributed by atoms with Gasteiger partial charge >= 0.3 is 0 Å². The van der Waals surface area contributed by atoms with E-state index in [0.29, 0.717) is 16.3 Å². The van der Waals surface area contributed by atoms with Crippen LogP contribution in [0.25, 0.3) is 5.69 Å². The molecule has 0 atom stereocenters. The molecule has 1 aromatic heterocycles. The van der Waals surface area contributed by atoms with Gasteiger partial charge in [-0.05, 0) is 30.7 Å². The lowest BCUT2D eigenvalue weighted by molar-refractivity contribution is 0.280. The Labute approximate surface area is 116 Å². The summed E-state index contributed by atoms with van der Waals surface area (Å²) in [7, 11) is 0. The lowest BCUT2D eigenvalue weighted by Gasteiger charge is -2.02. The Hall–Kier alpha value is -1.83. The average molecular weight is 276 g/mol. The molecule has 5 heteroatoms. The molecule has 0 unspecified atom stereocenters. The van der Waals surface area contributed by atoms with E-state index in [9.17, 15) is 5.11 Å². The van der Waals surface area contributed by atoms with Crippen LogP contribution in [0.1, 0.15) is 30.2 Å². The highest BCUT2D eigenvalue weighted by Gasteiger charge is 2.15. The summed E-state index contributed by atoms with van der Waals surface area (Å²) in [5.74, 6) is 0. The van der Waals surface area contributed by atoms with E-state index in [1.165, 1.54) is 0 Å². The molecule has 0 saturated heterocycles. The summed E-state index contributed by atoms with van der Waals surface area (Å²) < 4.78 is 1.60. The predicted molar refractivity (Wildman–Crippen MR) is 73.2 cm³/mol. The van der Waals surface area contributed by atoms with Crippen molar-refractivity contribution in [3.63, 3.8) is 0 Å². The minimum absolute atomic E-state index is 0.121. The van der Waals surface area contributed by atoms with Crippen molar-refractivity contribution in [1.82, 2.24) is 9.78 Å². The number of halogens is 1. The van der Waals surface area contributed by atoms with Crippen LogP contribution in [0.3, 0.4) is 0 Å². The van der Waals surface area contributed by atoms with E-state index in [1.54, 1.807) is 28.9 Å². The van der Waals surface area contributed by atoms with E-state index < -0.39 is 0 Å². The Morgan fingerprint density at radius 3 is 2.58 bits per heavy atom. The SMILES string of the molecule is CCCc1nn(-c2ccc(C#N)cc2)c(Cl)c1CO. The number of benzene rings is 1. The van der Waals surface area contributed by atoms with Crippen molar-refractivity contribution < 1.29 is 5.11 Å². The van der Waals surface area contributed by atoms with Crippen molar-refractivity contribution in [3.05, 3.63) is 46.2 Å². The molecule has 2 rings (SSSR count). The van der Waals surface area contributed by atoms with Crippen LogP contribution < -0.4 is 0 Å². The van der Waals surface area contributed by atoms with Gasteiger partial charge in [-0.3, -0.25) is 0 Å². The molecule has 0 bridgehead atoms.